The van der Waals surface area contributed by atoms with Gasteiger partial charge in [0.25, 0.3) is 0 Å². The summed E-state index contributed by atoms with van der Waals surface area (Å²) in [5, 5.41) is 2.45. The first-order chi connectivity index (χ1) is 16.3. The van der Waals surface area contributed by atoms with Crippen molar-refractivity contribution in [2.24, 2.45) is 5.92 Å². The van der Waals surface area contributed by atoms with E-state index in [2.05, 4.69) is 28.8 Å². The molecular formula is C26H34N2O5S. The number of hydrogen-bond donors (Lipinski definition) is 2. The fourth-order valence-electron chi connectivity index (χ4n) is 3.45. The predicted octanol–water partition coefficient (Wildman–Crippen LogP) is 5.61. The Balaban J connectivity index is 1.96. The van der Waals surface area contributed by atoms with Gasteiger partial charge in [0, 0.05) is 33.9 Å². The van der Waals surface area contributed by atoms with Crippen molar-refractivity contribution in [3.8, 4) is 0 Å². The smallest absolute Gasteiger partial charge is 0.410 e. The second-order valence-corrected chi connectivity index (χ2v) is 9.54. The molecule has 2 atom stereocenters. The molecule has 0 fully saturated rings. The number of carbonyl (C=O) groups is 2. The van der Waals surface area contributed by atoms with Crippen LogP contribution >= 0.6 is 11.3 Å². The number of anilines is 1. The maximum absolute atomic E-state index is 13.0. The molecule has 7 nitrogen and oxygen atoms in total. The molecular weight excluding hydrogens is 452 g/mol. The summed E-state index contributed by atoms with van der Waals surface area (Å²) in [6, 6.07) is 5.79. The first kappa shape index (κ1) is 27.1. The van der Waals surface area contributed by atoms with Gasteiger partial charge in [-0.15, -0.1) is 17.9 Å². The number of nitrogens with one attached hydrogen (secondary N) is 1. The number of nitrogens with two attached hydrogens (primary N) is 1. The number of Topliss-reactive ketones (excluding diaryl/α,β-unsaturated/α-hetero) is 1. The van der Waals surface area contributed by atoms with Crippen molar-refractivity contribution in [3.05, 3.63) is 74.6 Å². The van der Waals surface area contributed by atoms with Crippen LogP contribution in [0.2, 0.25) is 0 Å². The van der Waals surface area contributed by atoms with Crippen LogP contribution in [-0.2, 0) is 17.6 Å². The third-order valence-electron chi connectivity index (χ3n) is 5.59. The number of hydrogen-bond acceptors (Lipinski definition) is 7. The number of methoxy groups -OCH3 is 1. The number of alkyl carbamates (subject to hydrolysis) is 1. The number of nitrogen functional groups attached to an aromatic ring is 1. The first-order valence-electron chi connectivity index (χ1n) is 11.4. The Morgan fingerprint density at radius 3 is 2.56 bits per heavy atom. The standard InChI is InChI=1S/C26H34N2O5S/c1-5-6-10-19-13-14-20(34-19)12-11-18(3)24(29)23-21(27)16-22(33-25(23)30)17(2)9-7-8-15-28-26(31)32-4/h5,8,13-18H,1,6-7,9-12,27H2,2-4H3,(H,28,31)/b15-8+. The van der Waals surface area contributed by atoms with E-state index in [0.29, 0.717) is 25.0 Å². The van der Waals surface area contributed by atoms with Crippen LogP contribution in [0.3, 0.4) is 0 Å². The van der Waals surface area contributed by atoms with Gasteiger partial charge in [-0.25, -0.2) is 9.59 Å². The number of thiophene rings is 1. The lowest BCUT2D eigenvalue weighted by Gasteiger charge is -2.14. The summed E-state index contributed by atoms with van der Waals surface area (Å²) in [5.41, 5.74) is 5.52. The fraction of sp³-hybridized carbons (Fsp3) is 0.423. The number of amides is 1. The molecule has 2 unspecified atom stereocenters. The third kappa shape index (κ3) is 8.02. The molecule has 2 aromatic heterocycles. The zero-order valence-electron chi connectivity index (χ0n) is 20.1. The van der Waals surface area contributed by atoms with Gasteiger partial charge < -0.3 is 14.9 Å². The normalized spacial score (nSPS) is 12.9. The lowest BCUT2D eigenvalue weighted by molar-refractivity contribution is 0.0921. The van der Waals surface area contributed by atoms with Gasteiger partial charge in [0.2, 0.25) is 0 Å². The van der Waals surface area contributed by atoms with Crippen LogP contribution in [0.5, 0.6) is 0 Å². The lowest BCUT2D eigenvalue weighted by atomic mass is 9.94. The average Bonchev–Trinajstić information content (AvgIpc) is 3.27. The highest BCUT2D eigenvalue weighted by molar-refractivity contribution is 7.11. The van der Waals surface area contributed by atoms with E-state index in [-0.39, 0.29) is 28.9 Å². The number of rotatable bonds is 13. The summed E-state index contributed by atoms with van der Waals surface area (Å²) in [7, 11) is 1.29. The Morgan fingerprint density at radius 2 is 1.91 bits per heavy atom. The van der Waals surface area contributed by atoms with Gasteiger partial charge in [-0.3, -0.25) is 10.1 Å². The minimum absolute atomic E-state index is 0.0662. The van der Waals surface area contributed by atoms with E-state index in [0.717, 1.165) is 19.3 Å². The van der Waals surface area contributed by atoms with E-state index >= 15 is 0 Å². The van der Waals surface area contributed by atoms with Gasteiger partial charge in [-0.05, 0) is 50.7 Å². The Morgan fingerprint density at radius 1 is 1.21 bits per heavy atom. The van der Waals surface area contributed by atoms with Gasteiger partial charge >= 0.3 is 11.7 Å². The molecule has 34 heavy (non-hydrogen) atoms. The van der Waals surface area contributed by atoms with E-state index < -0.39 is 11.7 Å². The van der Waals surface area contributed by atoms with Crippen LogP contribution in [0.1, 0.15) is 71.3 Å². The maximum Gasteiger partial charge on any atom is 0.410 e. The van der Waals surface area contributed by atoms with E-state index in [9.17, 15) is 14.4 Å². The molecule has 0 aliphatic heterocycles. The second-order valence-electron chi connectivity index (χ2n) is 8.28. The largest absolute Gasteiger partial charge is 0.453 e. The fourth-order valence-corrected chi connectivity index (χ4v) is 4.49. The molecule has 0 saturated carbocycles. The van der Waals surface area contributed by atoms with Crippen LogP contribution in [0, 0.1) is 5.92 Å². The van der Waals surface area contributed by atoms with Crippen molar-refractivity contribution >= 4 is 28.9 Å². The Hall–Kier alpha value is -3.13. The zero-order chi connectivity index (χ0) is 25.1. The van der Waals surface area contributed by atoms with E-state index in [1.807, 2.05) is 19.9 Å². The van der Waals surface area contributed by atoms with Gasteiger partial charge in [-0.1, -0.05) is 26.0 Å². The van der Waals surface area contributed by atoms with Crippen LogP contribution in [0.15, 0.2) is 52.3 Å². The molecule has 0 saturated heterocycles. The molecule has 2 rings (SSSR count). The van der Waals surface area contributed by atoms with Gasteiger partial charge in [-0.2, -0.15) is 0 Å². The first-order valence-corrected chi connectivity index (χ1v) is 12.2. The minimum Gasteiger partial charge on any atom is -0.453 e. The number of aryl methyl sites for hydroxylation is 2. The van der Waals surface area contributed by atoms with Crippen molar-refractivity contribution in [1.29, 1.82) is 0 Å². The van der Waals surface area contributed by atoms with Gasteiger partial charge in [0.05, 0.1) is 12.8 Å². The summed E-state index contributed by atoms with van der Waals surface area (Å²) in [5.74, 6) is -0.287. The van der Waals surface area contributed by atoms with Crippen molar-refractivity contribution in [2.75, 3.05) is 12.8 Å². The van der Waals surface area contributed by atoms with Crippen LogP contribution < -0.4 is 16.7 Å². The summed E-state index contributed by atoms with van der Waals surface area (Å²) >= 11 is 1.75. The number of ketones is 1. The highest BCUT2D eigenvalue weighted by atomic mass is 32.1. The molecule has 0 aromatic carbocycles. The van der Waals surface area contributed by atoms with Crippen molar-refractivity contribution in [2.45, 2.75) is 58.3 Å². The zero-order valence-corrected chi connectivity index (χ0v) is 20.9. The number of allylic oxidation sites excluding steroid dienone is 2. The third-order valence-corrected chi connectivity index (χ3v) is 6.79. The maximum atomic E-state index is 13.0. The average molecular weight is 487 g/mol. The Bertz CT molecular complexity index is 1070. The van der Waals surface area contributed by atoms with Crippen LogP contribution in [-0.4, -0.2) is 19.0 Å². The highest BCUT2D eigenvalue weighted by Gasteiger charge is 2.24. The summed E-state index contributed by atoms with van der Waals surface area (Å²) < 4.78 is 9.94. The minimum atomic E-state index is -0.690. The number of carbonyl (C=O) groups excluding carboxylic acids is 2. The van der Waals surface area contributed by atoms with Gasteiger partial charge in [0.1, 0.15) is 11.3 Å². The Kier molecular flexibility index (Phi) is 10.8. The molecule has 8 heteroatoms. The Labute approximate surface area is 204 Å². The van der Waals surface area contributed by atoms with E-state index in [1.54, 1.807) is 23.5 Å². The molecule has 0 radical (unpaired) electrons. The molecule has 0 spiro atoms. The molecule has 1 amide bonds. The van der Waals surface area contributed by atoms with E-state index in [1.165, 1.54) is 23.1 Å². The summed E-state index contributed by atoms with van der Waals surface area (Å²) in [6.07, 6.45) is 9.28. The molecule has 2 aromatic rings. The molecule has 0 bridgehead atoms. The molecule has 2 heterocycles. The molecule has 0 aliphatic carbocycles. The quantitative estimate of drug-likeness (QED) is 0.281. The predicted molar refractivity (Wildman–Crippen MR) is 136 cm³/mol. The molecule has 0 aliphatic rings. The van der Waals surface area contributed by atoms with Crippen LogP contribution in [0.25, 0.3) is 0 Å². The van der Waals surface area contributed by atoms with Gasteiger partial charge in [0.15, 0.2) is 5.78 Å². The van der Waals surface area contributed by atoms with Crippen molar-refractivity contribution in [1.82, 2.24) is 5.32 Å². The topological polar surface area (TPSA) is 112 Å². The molecule has 184 valence electrons. The van der Waals surface area contributed by atoms with Crippen molar-refractivity contribution in [3.63, 3.8) is 0 Å². The van der Waals surface area contributed by atoms with Crippen molar-refractivity contribution < 1.29 is 18.7 Å². The van der Waals surface area contributed by atoms with E-state index in [4.69, 9.17) is 10.2 Å². The lowest BCUT2D eigenvalue weighted by Crippen LogP contribution is -2.23. The SMILES string of the molecule is C=CCCc1ccc(CCC(C)C(=O)c2c(N)cc(C(C)CC/C=C/NC(=O)OC)oc2=O)s1. The monoisotopic (exact) mass is 486 g/mol. The van der Waals surface area contributed by atoms with Crippen LogP contribution in [0.4, 0.5) is 10.5 Å². The number of ether oxygens (including phenoxy) is 1. The highest BCUT2D eigenvalue weighted by Crippen LogP contribution is 2.26. The summed E-state index contributed by atoms with van der Waals surface area (Å²) in [4.78, 5) is 39.1. The summed E-state index contributed by atoms with van der Waals surface area (Å²) in [6.45, 7) is 7.48. The molecule has 3 N–H and O–H groups in total. The second kappa shape index (κ2) is 13.5.